The Kier molecular flexibility index (Phi) is 3.62. The molecule has 0 unspecified atom stereocenters. The van der Waals surface area contributed by atoms with Gasteiger partial charge in [0.2, 0.25) is 0 Å². The highest BCUT2D eigenvalue weighted by molar-refractivity contribution is 6.31. The van der Waals surface area contributed by atoms with Gasteiger partial charge in [-0.3, -0.25) is 9.36 Å². The van der Waals surface area contributed by atoms with Gasteiger partial charge in [0.15, 0.2) is 0 Å². The smallest absolute Gasteiger partial charge is 0.309 e. The van der Waals surface area contributed by atoms with E-state index in [-0.39, 0.29) is 6.42 Å². The summed E-state index contributed by atoms with van der Waals surface area (Å²) in [7, 11) is 0. The molecule has 0 aliphatic carbocycles. The summed E-state index contributed by atoms with van der Waals surface area (Å²) in [5, 5.41) is 9.69. The van der Waals surface area contributed by atoms with Gasteiger partial charge in [0.05, 0.1) is 23.5 Å². The number of benzene rings is 1. The molecule has 0 amide bonds. The molecule has 0 atom stereocenters. The minimum absolute atomic E-state index is 0.0569. The number of carbonyl (C=O) groups is 1. The lowest BCUT2D eigenvalue weighted by atomic mass is 10.1. The number of hydrogen-bond donors (Lipinski definition) is 1. The first-order valence-corrected chi connectivity index (χ1v) is 6.31. The molecule has 0 aliphatic rings. The van der Waals surface area contributed by atoms with Crippen LogP contribution in [0.25, 0.3) is 5.69 Å². The third kappa shape index (κ3) is 2.49. The number of carboxylic acids is 1. The maximum atomic E-state index is 11.0. The van der Waals surface area contributed by atoms with E-state index in [1.807, 2.05) is 43.5 Å². The molecule has 4 nitrogen and oxygen atoms in total. The van der Waals surface area contributed by atoms with E-state index < -0.39 is 5.97 Å². The second-order valence-corrected chi connectivity index (χ2v) is 4.89. The predicted octanol–water partition coefficient (Wildman–Crippen LogP) is 3.08. The lowest BCUT2D eigenvalue weighted by Crippen LogP contribution is -2.10. The number of rotatable bonds is 3. The monoisotopic (exact) mass is 278 g/mol. The van der Waals surface area contributed by atoms with E-state index >= 15 is 0 Å². The second kappa shape index (κ2) is 5.05. The molecular formula is C14H15ClN2O2. The van der Waals surface area contributed by atoms with Crippen LogP contribution in [0.4, 0.5) is 0 Å². The number of imidazole rings is 1. The molecule has 19 heavy (non-hydrogen) atoms. The van der Waals surface area contributed by atoms with Gasteiger partial charge < -0.3 is 5.11 Å². The topological polar surface area (TPSA) is 55.1 Å². The first-order chi connectivity index (χ1) is 8.91. The number of halogens is 1. The Morgan fingerprint density at radius 1 is 1.37 bits per heavy atom. The minimum Gasteiger partial charge on any atom is -0.481 e. The third-order valence-electron chi connectivity index (χ3n) is 3.14. The fraction of sp³-hybridized carbons (Fsp3) is 0.286. The van der Waals surface area contributed by atoms with Gasteiger partial charge in [0.25, 0.3) is 0 Å². The van der Waals surface area contributed by atoms with Crippen LogP contribution in [0.5, 0.6) is 0 Å². The van der Waals surface area contributed by atoms with Crippen molar-refractivity contribution in [1.29, 1.82) is 0 Å². The average Bonchev–Trinajstić information content (AvgIpc) is 2.58. The van der Waals surface area contributed by atoms with Crippen molar-refractivity contribution in [3.8, 4) is 5.69 Å². The van der Waals surface area contributed by atoms with E-state index in [1.165, 1.54) is 0 Å². The Labute approximate surface area is 116 Å². The van der Waals surface area contributed by atoms with Crippen molar-refractivity contribution in [2.24, 2.45) is 0 Å². The summed E-state index contributed by atoms with van der Waals surface area (Å²) >= 11 is 6.13. The van der Waals surface area contributed by atoms with E-state index in [9.17, 15) is 4.79 Å². The van der Waals surface area contributed by atoms with Crippen LogP contribution < -0.4 is 0 Å². The van der Waals surface area contributed by atoms with Crippen molar-refractivity contribution in [2.75, 3.05) is 0 Å². The van der Waals surface area contributed by atoms with Crippen molar-refractivity contribution in [2.45, 2.75) is 27.2 Å². The van der Waals surface area contributed by atoms with Gasteiger partial charge in [-0.25, -0.2) is 4.98 Å². The van der Waals surface area contributed by atoms with Gasteiger partial charge in [-0.1, -0.05) is 17.7 Å². The van der Waals surface area contributed by atoms with Crippen LogP contribution >= 0.6 is 11.6 Å². The lowest BCUT2D eigenvalue weighted by molar-refractivity contribution is -0.136. The molecule has 2 rings (SSSR count). The maximum absolute atomic E-state index is 11.0. The van der Waals surface area contributed by atoms with E-state index in [1.54, 1.807) is 0 Å². The summed E-state index contributed by atoms with van der Waals surface area (Å²) in [6.07, 6.45) is -0.0569. The van der Waals surface area contributed by atoms with E-state index in [4.69, 9.17) is 16.7 Å². The zero-order valence-electron chi connectivity index (χ0n) is 11.1. The highest BCUT2D eigenvalue weighted by atomic mass is 35.5. The van der Waals surface area contributed by atoms with Crippen LogP contribution in [0.2, 0.25) is 5.02 Å². The third-order valence-corrected chi connectivity index (χ3v) is 3.55. The van der Waals surface area contributed by atoms with Crippen LogP contribution in [0.3, 0.4) is 0 Å². The molecule has 0 radical (unpaired) electrons. The van der Waals surface area contributed by atoms with Gasteiger partial charge in [-0.05, 0) is 38.5 Å². The standard InChI is InChI=1S/C14H15ClN2O2/c1-8-11(15)5-4-6-12(8)17-10(3)16-9(2)13(17)7-14(18)19/h4-6H,7H2,1-3H3,(H,18,19). The number of carboxylic acid groups (broad SMARTS) is 1. The highest BCUT2D eigenvalue weighted by Gasteiger charge is 2.17. The summed E-state index contributed by atoms with van der Waals surface area (Å²) in [6, 6.07) is 5.58. The molecule has 0 bridgehead atoms. The second-order valence-electron chi connectivity index (χ2n) is 4.48. The minimum atomic E-state index is -0.871. The molecule has 1 aromatic heterocycles. The SMILES string of the molecule is Cc1nc(C)n(-c2cccc(Cl)c2C)c1CC(=O)O. The summed E-state index contributed by atoms with van der Waals surface area (Å²) in [4.78, 5) is 15.4. The maximum Gasteiger partial charge on any atom is 0.309 e. The van der Waals surface area contributed by atoms with Crippen molar-refractivity contribution in [3.05, 3.63) is 46.0 Å². The van der Waals surface area contributed by atoms with Crippen molar-refractivity contribution >= 4 is 17.6 Å². The van der Waals surface area contributed by atoms with Gasteiger partial charge in [-0.2, -0.15) is 0 Å². The molecule has 0 aliphatic heterocycles. The Balaban J connectivity index is 2.67. The average molecular weight is 279 g/mol. The van der Waals surface area contributed by atoms with Crippen LogP contribution in [-0.4, -0.2) is 20.6 Å². The molecule has 1 heterocycles. The quantitative estimate of drug-likeness (QED) is 0.939. The molecule has 0 saturated carbocycles. The van der Waals surface area contributed by atoms with Crippen LogP contribution in [-0.2, 0) is 11.2 Å². The van der Waals surface area contributed by atoms with Gasteiger partial charge in [0.1, 0.15) is 5.82 Å². The molecule has 1 N–H and O–H groups in total. The molecule has 0 fully saturated rings. The van der Waals surface area contributed by atoms with Crippen LogP contribution in [0.15, 0.2) is 18.2 Å². The number of nitrogens with zero attached hydrogens (tertiary/aromatic N) is 2. The Morgan fingerprint density at radius 2 is 2.05 bits per heavy atom. The Bertz CT molecular complexity index is 647. The molecular weight excluding hydrogens is 264 g/mol. The number of aliphatic carboxylic acids is 1. The summed E-state index contributed by atoms with van der Waals surface area (Å²) in [6.45, 7) is 5.59. The molecule has 0 saturated heterocycles. The van der Waals surface area contributed by atoms with Crippen molar-refractivity contribution < 1.29 is 9.90 Å². The first kappa shape index (κ1) is 13.6. The number of aryl methyl sites for hydroxylation is 2. The highest BCUT2D eigenvalue weighted by Crippen LogP contribution is 2.26. The zero-order valence-corrected chi connectivity index (χ0v) is 11.8. The molecule has 2 aromatic rings. The van der Waals surface area contributed by atoms with Gasteiger partial charge in [-0.15, -0.1) is 0 Å². The summed E-state index contributed by atoms with van der Waals surface area (Å²) < 4.78 is 1.87. The number of aromatic nitrogens is 2. The lowest BCUT2D eigenvalue weighted by Gasteiger charge is -2.13. The molecule has 1 aromatic carbocycles. The van der Waals surface area contributed by atoms with E-state index in [2.05, 4.69) is 4.98 Å². The molecule has 0 spiro atoms. The van der Waals surface area contributed by atoms with Crippen LogP contribution in [0, 0.1) is 20.8 Å². The van der Waals surface area contributed by atoms with E-state index in [0.717, 1.165) is 22.8 Å². The van der Waals surface area contributed by atoms with Crippen molar-refractivity contribution in [1.82, 2.24) is 9.55 Å². The molecule has 100 valence electrons. The summed E-state index contributed by atoms with van der Waals surface area (Å²) in [5.41, 5.74) is 3.22. The first-order valence-electron chi connectivity index (χ1n) is 5.94. The van der Waals surface area contributed by atoms with Crippen molar-refractivity contribution in [3.63, 3.8) is 0 Å². The normalized spacial score (nSPS) is 10.7. The molecule has 5 heteroatoms. The van der Waals surface area contributed by atoms with Crippen LogP contribution in [0.1, 0.15) is 22.8 Å². The summed E-state index contributed by atoms with van der Waals surface area (Å²) in [5.74, 6) is -0.108. The predicted molar refractivity (Wildman–Crippen MR) is 74.1 cm³/mol. The van der Waals surface area contributed by atoms with E-state index in [0.29, 0.717) is 10.7 Å². The zero-order chi connectivity index (χ0) is 14.2. The largest absolute Gasteiger partial charge is 0.481 e. The van der Waals surface area contributed by atoms with Gasteiger partial charge in [0, 0.05) is 5.02 Å². The Hall–Kier alpha value is -1.81. The Morgan fingerprint density at radius 3 is 2.68 bits per heavy atom. The number of hydrogen-bond acceptors (Lipinski definition) is 2. The fourth-order valence-corrected chi connectivity index (χ4v) is 2.39. The fourth-order valence-electron chi connectivity index (χ4n) is 2.22. The van der Waals surface area contributed by atoms with Gasteiger partial charge >= 0.3 is 5.97 Å².